The molecular weight excluding hydrogens is 400 g/mol. The Kier molecular flexibility index (Phi) is 6.69. The molecule has 0 spiro atoms. The number of benzene rings is 2. The van der Waals surface area contributed by atoms with E-state index in [0.717, 1.165) is 15.5 Å². The SMILES string of the molecule is CS(=O)(=O)N(CC(=O)NCCSc1ccccc1)c1ccc2c(c1)OCCO2. The third-order valence-electron chi connectivity index (χ3n) is 3.94. The molecular formula is C19H22N2O5S2. The van der Waals surface area contributed by atoms with Crippen LogP contribution >= 0.6 is 11.8 Å². The van der Waals surface area contributed by atoms with Crippen molar-refractivity contribution >= 4 is 33.4 Å². The number of carbonyl (C=O) groups excluding carboxylic acids is 1. The molecule has 2 aromatic rings. The third-order valence-corrected chi connectivity index (χ3v) is 6.09. The molecule has 1 amide bonds. The quantitative estimate of drug-likeness (QED) is 0.518. The van der Waals surface area contributed by atoms with Gasteiger partial charge in [0.25, 0.3) is 0 Å². The van der Waals surface area contributed by atoms with Crippen molar-refractivity contribution in [2.45, 2.75) is 4.90 Å². The summed E-state index contributed by atoms with van der Waals surface area (Å²) in [6.45, 7) is 0.992. The van der Waals surface area contributed by atoms with Crippen molar-refractivity contribution in [3.63, 3.8) is 0 Å². The lowest BCUT2D eigenvalue weighted by Crippen LogP contribution is -2.41. The van der Waals surface area contributed by atoms with Gasteiger partial charge in [0, 0.05) is 23.3 Å². The molecule has 0 saturated heterocycles. The summed E-state index contributed by atoms with van der Waals surface area (Å²) in [6, 6.07) is 14.7. The van der Waals surface area contributed by atoms with Gasteiger partial charge in [0.1, 0.15) is 19.8 Å². The van der Waals surface area contributed by atoms with Crippen LogP contribution in [0.25, 0.3) is 0 Å². The van der Waals surface area contributed by atoms with Gasteiger partial charge in [-0.25, -0.2) is 8.42 Å². The third kappa shape index (κ3) is 5.56. The molecule has 1 aliphatic heterocycles. The number of thioether (sulfide) groups is 1. The first-order valence-corrected chi connectivity index (χ1v) is 11.6. The highest BCUT2D eigenvalue weighted by Gasteiger charge is 2.23. The van der Waals surface area contributed by atoms with Crippen LogP contribution in [0.5, 0.6) is 11.5 Å². The molecule has 0 unspecified atom stereocenters. The molecule has 150 valence electrons. The Balaban J connectivity index is 1.59. The predicted molar refractivity (Wildman–Crippen MR) is 110 cm³/mol. The Bertz CT molecular complexity index is 919. The Morgan fingerprint density at radius 3 is 2.54 bits per heavy atom. The van der Waals surface area contributed by atoms with E-state index in [4.69, 9.17) is 9.47 Å². The minimum atomic E-state index is -3.64. The monoisotopic (exact) mass is 422 g/mol. The maximum Gasteiger partial charge on any atom is 0.240 e. The first kappa shape index (κ1) is 20.3. The van der Waals surface area contributed by atoms with Crippen LogP contribution in [0.1, 0.15) is 0 Å². The predicted octanol–water partition coefficient (Wildman–Crippen LogP) is 2.13. The van der Waals surface area contributed by atoms with Crippen LogP contribution in [0.2, 0.25) is 0 Å². The molecule has 28 heavy (non-hydrogen) atoms. The second-order valence-corrected chi connectivity index (χ2v) is 9.18. The fourth-order valence-corrected chi connectivity index (χ4v) is 4.29. The van der Waals surface area contributed by atoms with E-state index >= 15 is 0 Å². The van der Waals surface area contributed by atoms with Gasteiger partial charge < -0.3 is 14.8 Å². The van der Waals surface area contributed by atoms with E-state index in [9.17, 15) is 13.2 Å². The number of rotatable bonds is 8. The molecule has 7 nitrogen and oxygen atoms in total. The van der Waals surface area contributed by atoms with Crippen LogP contribution in [0.15, 0.2) is 53.4 Å². The summed E-state index contributed by atoms with van der Waals surface area (Å²) in [6.07, 6.45) is 1.07. The summed E-state index contributed by atoms with van der Waals surface area (Å²) in [5.74, 6) is 1.36. The van der Waals surface area contributed by atoms with E-state index in [0.29, 0.717) is 42.7 Å². The molecule has 0 aromatic heterocycles. The van der Waals surface area contributed by atoms with Crippen molar-refractivity contribution in [1.29, 1.82) is 0 Å². The molecule has 3 rings (SSSR count). The van der Waals surface area contributed by atoms with Crippen molar-refractivity contribution in [3.05, 3.63) is 48.5 Å². The van der Waals surface area contributed by atoms with E-state index in [1.807, 2.05) is 30.3 Å². The molecule has 1 N–H and O–H groups in total. The van der Waals surface area contributed by atoms with Crippen molar-refractivity contribution < 1.29 is 22.7 Å². The first-order chi connectivity index (χ1) is 13.4. The van der Waals surface area contributed by atoms with E-state index in [1.54, 1.807) is 30.0 Å². The zero-order chi connectivity index (χ0) is 20.0. The topological polar surface area (TPSA) is 84.9 Å². The Hall–Kier alpha value is -2.39. The molecule has 1 heterocycles. The lowest BCUT2D eigenvalue weighted by Gasteiger charge is -2.24. The Morgan fingerprint density at radius 2 is 1.82 bits per heavy atom. The largest absolute Gasteiger partial charge is 0.486 e. The number of ether oxygens (including phenoxy) is 2. The average molecular weight is 423 g/mol. The van der Waals surface area contributed by atoms with Gasteiger partial charge in [-0.15, -0.1) is 11.8 Å². The Labute approximate surface area is 169 Å². The number of nitrogens with zero attached hydrogens (tertiary/aromatic N) is 1. The summed E-state index contributed by atoms with van der Waals surface area (Å²) in [5.41, 5.74) is 0.362. The molecule has 0 fully saturated rings. The highest BCUT2D eigenvalue weighted by atomic mass is 32.2. The summed E-state index contributed by atoms with van der Waals surface area (Å²) in [5, 5.41) is 2.77. The molecule has 0 radical (unpaired) electrons. The fourth-order valence-electron chi connectivity index (χ4n) is 2.65. The lowest BCUT2D eigenvalue weighted by atomic mass is 10.2. The van der Waals surface area contributed by atoms with Gasteiger partial charge in [-0.05, 0) is 24.3 Å². The first-order valence-electron chi connectivity index (χ1n) is 8.75. The van der Waals surface area contributed by atoms with Gasteiger partial charge in [0.2, 0.25) is 15.9 Å². The smallest absolute Gasteiger partial charge is 0.240 e. The zero-order valence-electron chi connectivity index (χ0n) is 15.5. The number of anilines is 1. The summed E-state index contributed by atoms with van der Waals surface area (Å²) >= 11 is 1.62. The standard InChI is InChI=1S/C19H22N2O5S2/c1-28(23,24)21(15-7-8-17-18(13-15)26-11-10-25-17)14-19(22)20-9-12-27-16-5-3-2-4-6-16/h2-8,13H,9-12,14H2,1H3,(H,20,22). The van der Waals surface area contributed by atoms with Gasteiger partial charge >= 0.3 is 0 Å². The van der Waals surface area contributed by atoms with Crippen LogP contribution in [0.3, 0.4) is 0 Å². The molecule has 0 atom stereocenters. The van der Waals surface area contributed by atoms with Crippen LogP contribution in [-0.2, 0) is 14.8 Å². The number of fused-ring (bicyclic) bond motifs is 1. The highest BCUT2D eigenvalue weighted by Crippen LogP contribution is 2.34. The number of nitrogens with one attached hydrogen (secondary N) is 1. The van der Waals surface area contributed by atoms with Gasteiger partial charge in [0.05, 0.1) is 11.9 Å². The summed E-state index contributed by atoms with van der Waals surface area (Å²) in [7, 11) is -3.64. The number of hydrogen-bond acceptors (Lipinski definition) is 6. The van der Waals surface area contributed by atoms with E-state index in [-0.39, 0.29) is 12.5 Å². The van der Waals surface area contributed by atoms with Gasteiger partial charge in [0.15, 0.2) is 11.5 Å². The maximum atomic E-state index is 12.3. The molecule has 0 saturated carbocycles. The normalized spacial score (nSPS) is 13.0. The van der Waals surface area contributed by atoms with Crippen molar-refractivity contribution in [1.82, 2.24) is 5.32 Å². The lowest BCUT2D eigenvalue weighted by molar-refractivity contribution is -0.119. The van der Waals surface area contributed by atoms with Crippen molar-refractivity contribution in [3.8, 4) is 11.5 Å². The number of carbonyl (C=O) groups is 1. The average Bonchev–Trinajstić information content (AvgIpc) is 2.69. The van der Waals surface area contributed by atoms with Gasteiger partial charge in [-0.2, -0.15) is 0 Å². The molecule has 0 bridgehead atoms. The van der Waals surface area contributed by atoms with Gasteiger partial charge in [-0.1, -0.05) is 18.2 Å². The molecule has 9 heteroatoms. The highest BCUT2D eigenvalue weighted by molar-refractivity contribution is 7.99. The van der Waals surface area contributed by atoms with Crippen molar-refractivity contribution in [2.75, 3.05) is 42.6 Å². The van der Waals surface area contributed by atoms with Crippen LogP contribution < -0.4 is 19.1 Å². The van der Waals surface area contributed by atoms with Gasteiger partial charge in [-0.3, -0.25) is 9.10 Å². The summed E-state index contributed by atoms with van der Waals surface area (Å²) in [4.78, 5) is 13.4. The second-order valence-electron chi connectivity index (χ2n) is 6.11. The van der Waals surface area contributed by atoms with E-state index in [2.05, 4.69) is 5.32 Å². The summed E-state index contributed by atoms with van der Waals surface area (Å²) < 4.78 is 36.5. The Morgan fingerprint density at radius 1 is 1.11 bits per heavy atom. The van der Waals surface area contributed by atoms with E-state index < -0.39 is 10.0 Å². The van der Waals surface area contributed by atoms with E-state index in [1.165, 1.54) is 0 Å². The minimum Gasteiger partial charge on any atom is -0.486 e. The fraction of sp³-hybridized carbons (Fsp3) is 0.316. The zero-order valence-corrected chi connectivity index (χ0v) is 17.1. The van der Waals surface area contributed by atoms with Crippen LogP contribution in [0.4, 0.5) is 5.69 Å². The maximum absolute atomic E-state index is 12.3. The molecule has 0 aliphatic carbocycles. The number of hydrogen-bond donors (Lipinski definition) is 1. The molecule has 2 aromatic carbocycles. The van der Waals surface area contributed by atoms with Crippen molar-refractivity contribution in [2.24, 2.45) is 0 Å². The second kappa shape index (κ2) is 9.20. The molecule has 1 aliphatic rings. The van der Waals surface area contributed by atoms with Crippen LogP contribution in [0, 0.1) is 0 Å². The number of sulfonamides is 1. The minimum absolute atomic E-state index is 0.297. The van der Waals surface area contributed by atoms with Crippen LogP contribution in [-0.4, -0.2) is 52.6 Å². The number of amides is 1.